The predicted octanol–water partition coefficient (Wildman–Crippen LogP) is 6.08. The molecule has 4 rings (SSSR count). The van der Waals surface area contributed by atoms with Gasteiger partial charge in [0, 0.05) is 62.1 Å². The molecule has 0 radical (unpaired) electrons. The Morgan fingerprint density at radius 1 is 1.17 bits per heavy atom. The van der Waals surface area contributed by atoms with E-state index in [1.54, 1.807) is 0 Å². The molecule has 2 unspecified atom stereocenters. The molecule has 0 amide bonds. The molecule has 2 aliphatic heterocycles. The van der Waals surface area contributed by atoms with Crippen LogP contribution in [0, 0.1) is 0 Å². The van der Waals surface area contributed by atoms with Gasteiger partial charge in [0.25, 0.3) is 0 Å². The number of fused-ring (bicyclic) bond motifs is 1. The number of nitrogens with zero attached hydrogens (tertiary/aromatic N) is 3. The van der Waals surface area contributed by atoms with Crippen LogP contribution in [0.2, 0.25) is 0 Å². The van der Waals surface area contributed by atoms with Gasteiger partial charge in [-0.2, -0.15) is 0 Å². The van der Waals surface area contributed by atoms with E-state index in [-0.39, 0.29) is 6.04 Å². The third-order valence-electron chi connectivity index (χ3n) is 8.09. The molecule has 0 saturated carbocycles. The van der Waals surface area contributed by atoms with Crippen molar-refractivity contribution in [2.75, 3.05) is 13.1 Å². The van der Waals surface area contributed by atoms with Crippen LogP contribution in [0.25, 0.3) is 0 Å². The molecule has 3 heterocycles. The third kappa shape index (κ3) is 6.73. The summed E-state index contributed by atoms with van der Waals surface area (Å²) in [5, 5.41) is 0. The van der Waals surface area contributed by atoms with E-state index in [0.29, 0.717) is 12.5 Å². The first kappa shape index (κ1) is 26.3. The minimum absolute atomic E-state index is 0.280. The van der Waals surface area contributed by atoms with Gasteiger partial charge in [-0.25, -0.2) is 0 Å². The van der Waals surface area contributed by atoms with Gasteiger partial charge in [0.2, 0.25) is 0 Å². The second kappa shape index (κ2) is 13.0. The highest BCUT2D eigenvalue weighted by Gasteiger charge is 2.25. The molecule has 1 fully saturated rings. The molecule has 1 aromatic carbocycles. The Bertz CT molecular complexity index is 1030. The maximum atomic E-state index is 10.9. The van der Waals surface area contributed by atoms with Gasteiger partial charge in [0.05, 0.1) is 0 Å². The quantitative estimate of drug-likeness (QED) is 0.270. The van der Waals surface area contributed by atoms with Crippen molar-refractivity contribution in [1.29, 1.82) is 0 Å². The largest absolute Gasteiger partial charge is 0.372 e. The van der Waals surface area contributed by atoms with E-state index in [2.05, 4.69) is 65.2 Å². The average Bonchev–Trinajstić information content (AvgIpc) is 2.92. The zero-order chi connectivity index (χ0) is 25.3. The Balaban J connectivity index is 1.36. The van der Waals surface area contributed by atoms with Crippen molar-refractivity contribution in [3.63, 3.8) is 0 Å². The SMILES string of the molecule is C=CC(CCC=O)N1CCc2ccc(CCC3CCCCN3C(=C)Cc3ccc(CC)nc3)cc2C1. The Morgan fingerprint density at radius 3 is 2.78 bits per heavy atom. The molecular weight excluding hydrogens is 442 g/mol. The van der Waals surface area contributed by atoms with E-state index in [9.17, 15) is 4.79 Å². The van der Waals surface area contributed by atoms with Crippen molar-refractivity contribution >= 4 is 6.29 Å². The van der Waals surface area contributed by atoms with Crippen molar-refractivity contribution < 1.29 is 4.79 Å². The number of pyridine rings is 1. The second-order valence-electron chi connectivity index (χ2n) is 10.5. The van der Waals surface area contributed by atoms with Crippen LogP contribution >= 0.6 is 0 Å². The van der Waals surface area contributed by atoms with Crippen LogP contribution < -0.4 is 0 Å². The first-order valence-corrected chi connectivity index (χ1v) is 13.9. The molecule has 0 aliphatic carbocycles. The molecule has 4 nitrogen and oxygen atoms in total. The van der Waals surface area contributed by atoms with Gasteiger partial charge in [0.15, 0.2) is 0 Å². The fourth-order valence-electron chi connectivity index (χ4n) is 5.92. The zero-order valence-corrected chi connectivity index (χ0v) is 22.1. The van der Waals surface area contributed by atoms with Crippen LogP contribution in [0.3, 0.4) is 0 Å². The summed E-state index contributed by atoms with van der Waals surface area (Å²) in [5.41, 5.74) is 8.00. The van der Waals surface area contributed by atoms with E-state index in [0.717, 1.165) is 63.7 Å². The van der Waals surface area contributed by atoms with Crippen LogP contribution in [0.1, 0.15) is 73.4 Å². The Kier molecular flexibility index (Phi) is 9.52. The number of rotatable bonds is 12. The van der Waals surface area contributed by atoms with Gasteiger partial charge in [-0.1, -0.05) is 43.8 Å². The zero-order valence-electron chi connectivity index (χ0n) is 22.1. The third-order valence-corrected chi connectivity index (χ3v) is 8.09. The van der Waals surface area contributed by atoms with Crippen LogP contribution in [-0.2, 0) is 37.0 Å². The fraction of sp³-hybridized carbons (Fsp3) is 0.500. The maximum Gasteiger partial charge on any atom is 0.120 e. The lowest BCUT2D eigenvalue weighted by molar-refractivity contribution is -0.108. The molecule has 2 atom stereocenters. The normalized spacial score (nSPS) is 18.9. The van der Waals surface area contributed by atoms with E-state index < -0.39 is 0 Å². The summed E-state index contributed by atoms with van der Waals surface area (Å²) in [5.74, 6) is 0. The minimum Gasteiger partial charge on any atom is -0.372 e. The van der Waals surface area contributed by atoms with Crippen molar-refractivity contribution in [3.8, 4) is 0 Å². The number of carbonyl (C=O) groups is 1. The summed E-state index contributed by atoms with van der Waals surface area (Å²) in [6.07, 6.45) is 15.5. The van der Waals surface area contributed by atoms with Crippen molar-refractivity contribution in [2.45, 2.75) is 89.8 Å². The lowest BCUT2D eigenvalue weighted by Crippen LogP contribution is -2.39. The maximum absolute atomic E-state index is 10.9. The van der Waals surface area contributed by atoms with E-state index in [1.807, 2.05) is 12.3 Å². The van der Waals surface area contributed by atoms with Crippen molar-refractivity contribution in [1.82, 2.24) is 14.8 Å². The summed E-state index contributed by atoms with van der Waals surface area (Å²) < 4.78 is 0. The number of benzene rings is 1. The fourth-order valence-corrected chi connectivity index (χ4v) is 5.92. The highest BCUT2D eigenvalue weighted by Crippen LogP contribution is 2.28. The molecule has 0 bridgehead atoms. The first-order chi connectivity index (χ1) is 17.6. The van der Waals surface area contributed by atoms with Crippen LogP contribution in [-0.4, -0.2) is 46.2 Å². The van der Waals surface area contributed by atoms with E-state index in [4.69, 9.17) is 0 Å². The van der Waals surface area contributed by atoms with E-state index >= 15 is 0 Å². The smallest absolute Gasteiger partial charge is 0.120 e. The van der Waals surface area contributed by atoms with Crippen LogP contribution in [0.15, 0.2) is 61.5 Å². The lowest BCUT2D eigenvalue weighted by atomic mass is 9.91. The molecule has 0 spiro atoms. The topological polar surface area (TPSA) is 36.4 Å². The lowest BCUT2D eigenvalue weighted by Gasteiger charge is -2.39. The van der Waals surface area contributed by atoms with E-state index in [1.165, 1.54) is 53.6 Å². The number of likely N-dealkylation sites (tertiary alicyclic amines) is 1. The van der Waals surface area contributed by atoms with Gasteiger partial charge in [0.1, 0.15) is 6.29 Å². The number of allylic oxidation sites excluding steroid dienone is 1. The molecule has 4 heteroatoms. The standard InChI is InChI=1S/C32H43N3O/c1-4-30-15-12-27(23-33-30)21-25(3)35-18-7-6-9-32(35)16-13-26-11-14-28-17-19-34(24-29(28)22-26)31(5-2)10-8-20-36/h5,11-12,14-15,20,22-23,31-32H,2-4,6-10,13,16-19,21,24H2,1H3. The monoisotopic (exact) mass is 485 g/mol. The number of aldehydes is 1. The number of aromatic nitrogens is 1. The summed E-state index contributed by atoms with van der Waals surface area (Å²) >= 11 is 0. The van der Waals surface area contributed by atoms with Gasteiger partial charge in [-0.05, 0) is 79.7 Å². The van der Waals surface area contributed by atoms with Gasteiger partial charge < -0.3 is 9.69 Å². The number of carbonyl (C=O) groups excluding carboxylic acids is 1. The summed E-state index contributed by atoms with van der Waals surface area (Å²) in [7, 11) is 0. The molecule has 0 N–H and O–H groups in total. The van der Waals surface area contributed by atoms with Crippen LogP contribution in [0.4, 0.5) is 0 Å². The summed E-state index contributed by atoms with van der Waals surface area (Å²) in [6, 6.07) is 12.3. The number of aryl methyl sites for hydroxylation is 2. The van der Waals surface area contributed by atoms with Gasteiger partial charge in [-0.15, -0.1) is 6.58 Å². The predicted molar refractivity (Wildman–Crippen MR) is 149 cm³/mol. The van der Waals surface area contributed by atoms with Crippen LogP contribution in [0.5, 0.6) is 0 Å². The Hall–Kier alpha value is -2.72. The highest BCUT2D eigenvalue weighted by atomic mass is 16.1. The van der Waals surface area contributed by atoms with Gasteiger partial charge in [-0.3, -0.25) is 9.88 Å². The van der Waals surface area contributed by atoms with Gasteiger partial charge >= 0.3 is 0 Å². The minimum atomic E-state index is 0.280. The average molecular weight is 486 g/mol. The van der Waals surface area contributed by atoms with Crippen molar-refractivity contribution in [2.24, 2.45) is 0 Å². The number of hydrogen-bond donors (Lipinski definition) is 0. The number of hydrogen-bond acceptors (Lipinski definition) is 4. The molecule has 2 aliphatic rings. The number of piperidine rings is 1. The second-order valence-corrected chi connectivity index (χ2v) is 10.5. The molecule has 36 heavy (non-hydrogen) atoms. The molecule has 2 aromatic rings. The van der Waals surface area contributed by atoms with Crippen molar-refractivity contribution in [3.05, 3.63) is 89.4 Å². The Morgan fingerprint density at radius 2 is 2.03 bits per heavy atom. The molecular formula is C32H43N3O. The Labute approximate surface area is 218 Å². The summed E-state index contributed by atoms with van der Waals surface area (Å²) in [6.45, 7) is 13.8. The first-order valence-electron chi connectivity index (χ1n) is 13.9. The molecule has 1 saturated heterocycles. The highest BCUT2D eigenvalue weighted by molar-refractivity contribution is 5.49. The molecule has 1 aromatic heterocycles. The molecule has 192 valence electrons. The summed E-state index contributed by atoms with van der Waals surface area (Å²) in [4.78, 5) is 20.5.